The Bertz CT molecular complexity index is 834. The summed E-state index contributed by atoms with van der Waals surface area (Å²) in [6.45, 7) is 4.39. The van der Waals surface area contributed by atoms with Crippen LogP contribution in [0.3, 0.4) is 0 Å². The number of hydrogen-bond donors (Lipinski definition) is 0. The lowest BCUT2D eigenvalue weighted by Gasteiger charge is -2.42. The number of rotatable bonds is 5. The molecule has 1 heteroatoms. The molecule has 2 unspecified atom stereocenters. The molecule has 0 spiro atoms. The normalized spacial score (nSPS) is 28.0. The molecular formula is C27H35F. The van der Waals surface area contributed by atoms with Crippen molar-refractivity contribution in [2.75, 3.05) is 0 Å². The van der Waals surface area contributed by atoms with Crippen molar-refractivity contribution in [2.45, 2.75) is 77.6 Å². The summed E-state index contributed by atoms with van der Waals surface area (Å²) < 4.78 is 15.0. The second-order valence-corrected chi connectivity index (χ2v) is 9.28. The van der Waals surface area contributed by atoms with Crippen molar-refractivity contribution < 1.29 is 4.39 Å². The summed E-state index contributed by atoms with van der Waals surface area (Å²) in [6, 6.07) is 10.5. The van der Waals surface area contributed by atoms with E-state index >= 15 is 0 Å². The van der Waals surface area contributed by atoms with Gasteiger partial charge in [-0.2, -0.15) is 0 Å². The highest BCUT2D eigenvalue weighted by Gasteiger charge is 2.35. The highest BCUT2D eigenvalue weighted by Crippen LogP contribution is 2.48. The Hall–Kier alpha value is -1.63. The van der Waals surface area contributed by atoms with Crippen molar-refractivity contribution in [3.63, 3.8) is 0 Å². The van der Waals surface area contributed by atoms with Gasteiger partial charge in [0.05, 0.1) is 0 Å². The molecule has 2 aliphatic carbocycles. The third kappa shape index (κ3) is 4.19. The van der Waals surface area contributed by atoms with Gasteiger partial charge in [0.2, 0.25) is 0 Å². The maximum Gasteiger partial charge on any atom is 0.131 e. The number of aryl methyl sites for hydroxylation is 1. The van der Waals surface area contributed by atoms with E-state index in [0.29, 0.717) is 5.92 Å². The average molecular weight is 379 g/mol. The Morgan fingerprint density at radius 2 is 1.82 bits per heavy atom. The van der Waals surface area contributed by atoms with Crippen LogP contribution in [0.4, 0.5) is 4.39 Å². The van der Waals surface area contributed by atoms with E-state index in [2.05, 4.69) is 43.3 Å². The quantitative estimate of drug-likeness (QED) is 0.460. The van der Waals surface area contributed by atoms with Crippen LogP contribution in [-0.4, -0.2) is 0 Å². The lowest BCUT2D eigenvalue weighted by Crippen LogP contribution is -2.30. The first-order chi connectivity index (χ1) is 13.7. The first-order valence-corrected chi connectivity index (χ1v) is 11.5. The Labute approximate surface area is 170 Å². The highest BCUT2D eigenvalue weighted by molar-refractivity contribution is 5.84. The minimum Gasteiger partial charge on any atom is -0.206 e. The molecular weight excluding hydrogens is 343 g/mol. The van der Waals surface area contributed by atoms with E-state index in [9.17, 15) is 4.39 Å². The standard InChI is InChI=1S/C27H35F/c1-3-5-6-7-20-9-11-24-17-25(18-27(28)26(24)15-20)23-13-12-21-14-19(4-2)8-10-22(21)16-23/h3,5,9,11,15,17-19,21-23H,4,6-8,10,12-14,16H2,1-2H3/b5-3+/t19?,21-,22?,23-/m1/s1. The molecule has 2 aromatic rings. The molecule has 2 aromatic carbocycles. The zero-order valence-corrected chi connectivity index (χ0v) is 17.6. The van der Waals surface area contributed by atoms with Gasteiger partial charge in [0.15, 0.2) is 0 Å². The van der Waals surface area contributed by atoms with E-state index in [1.807, 2.05) is 13.0 Å². The van der Waals surface area contributed by atoms with Gasteiger partial charge in [0.25, 0.3) is 0 Å². The zero-order valence-electron chi connectivity index (χ0n) is 17.6. The molecule has 0 aliphatic heterocycles. The van der Waals surface area contributed by atoms with Gasteiger partial charge in [-0.3, -0.25) is 0 Å². The molecule has 4 rings (SSSR count). The van der Waals surface area contributed by atoms with Gasteiger partial charge in [-0.1, -0.05) is 50.1 Å². The molecule has 0 amide bonds. The third-order valence-corrected chi connectivity index (χ3v) is 7.60. The van der Waals surface area contributed by atoms with Crippen molar-refractivity contribution in [1.29, 1.82) is 0 Å². The molecule has 4 atom stereocenters. The molecule has 28 heavy (non-hydrogen) atoms. The maximum atomic E-state index is 15.0. The summed E-state index contributed by atoms with van der Waals surface area (Å²) in [7, 11) is 0. The van der Waals surface area contributed by atoms with Crippen molar-refractivity contribution in [3.05, 3.63) is 59.4 Å². The van der Waals surface area contributed by atoms with Crippen LogP contribution in [0.1, 0.15) is 82.3 Å². The smallest absolute Gasteiger partial charge is 0.131 e. The van der Waals surface area contributed by atoms with E-state index in [0.717, 1.165) is 41.4 Å². The summed E-state index contributed by atoms with van der Waals surface area (Å²) in [6.07, 6.45) is 15.7. The van der Waals surface area contributed by atoms with Gasteiger partial charge >= 0.3 is 0 Å². The third-order valence-electron chi connectivity index (χ3n) is 7.60. The number of halogens is 1. The van der Waals surface area contributed by atoms with Crippen LogP contribution >= 0.6 is 0 Å². The van der Waals surface area contributed by atoms with Gasteiger partial charge in [-0.05, 0) is 104 Å². The predicted molar refractivity (Wildman–Crippen MR) is 118 cm³/mol. The first-order valence-electron chi connectivity index (χ1n) is 11.5. The number of hydrogen-bond acceptors (Lipinski definition) is 0. The Morgan fingerprint density at radius 1 is 1.00 bits per heavy atom. The summed E-state index contributed by atoms with van der Waals surface area (Å²) in [4.78, 5) is 0. The average Bonchev–Trinajstić information content (AvgIpc) is 2.73. The largest absolute Gasteiger partial charge is 0.206 e. The number of benzene rings is 2. The van der Waals surface area contributed by atoms with Crippen LogP contribution in [0.5, 0.6) is 0 Å². The molecule has 0 bridgehead atoms. The van der Waals surface area contributed by atoms with Crippen LogP contribution < -0.4 is 0 Å². The van der Waals surface area contributed by atoms with Crippen molar-refractivity contribution in [3.8, 4) is 0 Å². The van der Waals surface area contributed by atoms with E-state index in [1.54, 1.807) is 0 Å². The van der Waals surface area contributed by atoms with E-state index in [4.69, 9.17) is 0 Å². The van der Waals surface area contributed by atoms with Crippen molar-refractivity contribution in [1.82, 2.24) is 0 Å². The maximum absolute atomic E-state index is 15.0. The Balaban J connectivity index is 1.51. The second kappa shape index (κ2) is 8.80. The molecule has 2 saturated carbocycles. The van der Waals surface area contributed by atoms with Crippen molar-refractivity contribution >= 4 is 10.8 Å². The molecule has 0 radical (unpaired) electrons. The fraction of sp³-hybridized carbons (Fsp3) is 0.556. The number of allylic oxidation sites excluding steroid dienone is 2. The molecule has 2 aliphatic rings. The predicted octanol–water partition coefficient (Wildman–Crippen LogP) is 8.20. The van der Waals surface area contributed by atoms with Crippen LogP contribution in [0.2, 0.25) is 0 Å². The van der Waals surface area contributed by atoms with Gasteiger partial charge < -0.3 is 0 Å². The summed E-state index contributed by atoms with van der Waals surface area (Å²) >= 11 is 0. The molecule has 0 saturated heterocycles. The minimum atomic E-state index is -0.0304. The topological polar surface area (TPSA) is 0 Å². The van der Waals surface area contributed by atoms with Crippen LogP contribution in [0.25, 0.3) is 10.8 Å². The first kappa shape index (κ1) is 19.7. The Kier molecular flexibility index (Phi) is 6.19. The van der Waals surface area contributed by atoms with Gasteiger partial charge in [-0.25, -0.2) is 4.39 Å². The van der Waals surface area contributed by atoms with Crippen LogP contribution in [0, 0.1) is 23.6 Å². The highest BCUT2D eigenvalue weighted by atomic mass is 19.1. The zero-order chi connectivity index (χ0) is 19.5. The fourth-order valence-electron chi connectivity index (χ4n) is 5.85. The SMILES string of the molecule is C/C=C/CCc1ccc2cc([C@@H]3CC[C@@H]4CC(CC)CCC4C3)cc(F)c2c1. The molecule has 0 aromatic heterocycles. The van der Waals surface area contributed by atoms with Gasteiger partial charge in [0, 0.05) is 5.39 Å². The summed E-state index contributed by atoms with van der Waals surface area (Å²) in [5.74, 6) is 3.28. The van der Waals surface area contributed by atoms with E-state index in [-0.39, 0.29) is 5.82 Å². The lowest BCUT2D eigenvalue weighted by molar-refractivity contribution is 0.116. The minimum absolute atomic E-state index is 0.0304. The van der Waals surface area contributed by atoms with Gasteiger partial charge in [-0.15, -0.1) is 0 Å². The lowest BCUT2D eigenvalue weighted by atomic mass is 9.63. The van der Waals surface area contributed by atoms with Gasteiger partial charge in [0.1, 0.15) is 5.82 Å². The second-order valence-electron chi connectivity index (χ2n) is 9.28. The Morgan fingerprint density at radius 3 is 2.64 bits per heavy atom. The summed E-state index contributed by atoms with van der Waals surface area (Å²) in [5, 5.41) is 1.86. The summed E-state index contributed by atoms with van der Waals surface area (Å²) in [5.41, 5.74) is 2.47. The molecule has 0 heterocycles. The molecule has 2 fully saturated rings. The van der Waals surface area contributed by atoms with Crippen LogP contribution in [-0.2, 0) is 6.42 Å². The molecule has 150 valence electrons. The van der Waals surface area contributed by atoms with E-state index < -0.39 is 0 Å². The fourth-order valence-corrected chi connectivity index (χ4v) is 5.85. The van der Waals surface area contributed by atoms with E-state index in [1.165, 1.54) is 56.1 Å². The molecule has 0 N–H and O–H groups in total. The van der Waals surface area contributed by atoms with Crippen molar-refractivity contribution in [2.24, 2.45) is 17.8 Å². The monoisotopic (exact) mass is 378 g/mol. The number of fused-ring (bicyclic) bond motifs is 2. The molecule has 0 nitrogen and oxygen atoms in total. The van der Waals surface area contributed by atoms with Crippen LogP contribution in [0.15, 0.2) is 42.5 Å².